The molecule has 0 spiro atoms. The quantitative estimate of drug-likeness (QED) is 0.724. The smallest absolute Gasteiger partial charge is 0.123 e. The van der Waals surface area contributed by atoms with Crippen molar-refractivity contribution >= 4 is 24.8 Å². The third-order valence-electron chi connectivity index (χ3n) is 4.44. The largest absolute Gasteiger partial charge is 0.489 e. The normalized spacial score (nSPS) is 14.2. The number of ether oxygens (including phenoxy) is 1. The van der Waals surface area contributed by atoms with E-state index in [1.165, 1.54) is 30.5 Å². The Morgan fingerprint density at radius 2 is 1.73 bits per heavy atom. The van der Waals surface area contributed by atoms with Gasteiger partial charge in [-0.3, -0.25) is 0 Å². The van der Waals surface area contributed by atoms with E-state index in [2.05, 4.69) is 22.8 Å². The van der Waals surface area contributed by atoms with Gasteiger partial charge in [0.2, 0.25) is 0 Å². The van der Waals surface area contributed by atoms with Gasteiger partial charge >= 0.3 is 0 Å². The van der Waals surface area contributed by atoms with E-state index >= 15 is 0 Å². The van der Waals surface area contributed by atoms with Crippen LogP contribution in [-0.2, 0) is 13.2 Å². The molecule has 0 atom stereocenters. The number of hydrogen-bond acceptors (Lipinski definition) is 3. The molecule has 2 aromatic rings. The lowest BCUT2D eigenvalue weighted by atomic mass is 9.98. The predicted octanol–water partition coefficient (Wildman–Crippen LogP) is 4.34. The average Bonchev–Trinajstić information content (AvgIpc) is 2.63. The van der Waals surface area contributed by atoms with Crippen molar-refractivity contribution in [2.45, 2.75) is 26.0 Å². The number of rotatable bonds is 7. The first-order valence-corrected chi connectivity index (χ1v) is 8.67. The van der Waals surface area contributed by atoms with Crippen molar-refractivity contribution in [3.8, 4) is 5.75 Å². The minimum Gasteiger partial charge on any atom is -0.489 e. The van der Waals surface area contributed by atoms with Gasteiger partial charge in [0.15, 0.2) is 0 Å². The van der Waals surface area contributed by atoms with Crippen LogP contribution >= 0.6 is 24.8 Å². The Morgan fingerprint density at radius 1 is 1.00 bits per heavy atom. The fraction of sp³-hybridized carbons (Fsp3) is 0.400. The van der Waals surface area contributed by atoms with Gasteiger partial charge in [0, 0.05) is 6.54 Å². The highest BCUT2D eigenvalue weighted by Gasteiger charge is 2.12. The van der Waals surface area contributed by atoms with E-state index in [0.29, 0.717) is 6.61 Å². The summed E-state index contributed by atoms with van der Waals surface area (Å²) < 4.78 is 18.7. The van der Waals surface area contributed by atoms with E-state index in [1.54, 1.807) is 12.1 Å². The first-order valence-electron chi connectivity index (χ1n) is 8.67. The van der Waals surface area contributed by atoms with Crippen molar-refractivity contribution in [1.29, 1.82) is 0 Å². The van der Waals surface area contributed by atoms with Crippen molar-refractivity contribution in [3.63, 3.8) is 0 Å². The number of benzene rings is 2. The molecule has 1 aliphatic rings. The Kier molecular flexibility index (Phi) is 10.6. The molecule has 0 radical (unpaired) electrons. The lowest BCUT2D eigenvalue weighted by Crippen LogP contribution is -2.33. The molecule has 6 heteroatoms. The van der Waals surface area contributed by atoms with Gasteiger partial charge in [-0.15, -0.1) is 24.8 Å². The van der Waals surface area contributed by atoms with Gasteiger partial charge in [-0.25, -0.2) is 4.39 Å². The first-order chi connectivity index (χ1) is 11.8. The molecule has 3 nitrogen and oxygen atoms in total. The molecule has 1 fully saturated rings. The Bertz CT molecular complexity index is 634. The van der Waals surface area contributed by atoms with E-state index in [1.807, 2.05) is 12.1 Å². The maximum atomic E-state index is 12.9. The third-order valence-corrected chi connectivity index (χ3v) is 4.44. The van der Waals surface area contributed by atoms with Crippen molar-refractivity contribution in [3.05, 3.63) is 65.5 Å². The highest BCUT2D eigenvalue weighted by atomic mass is 35.5. The molecule has 3 rings (SSSR count). The lowest BCUT2D eigenvalue weighted by molar-refractivity contribution is 0.305. The van der Waals surface area contributed by atoms with E-state index in [-0.39, 0.29) is 30.6 Å². The molecular formula is C20H27Cl2FN2O. The van der Waals surface area contributed by atoms with E-state index < -0.39 is 0 Å². The van der Waals surface area contributed by atoms with Crippen molar-refractivity contribution in [1.82, 2.24) is 10.6 Å². The summed E-state index contributed by atoms with van der Waals surface area (Å²) in [5.41, 5.74) is 2.19. The van der Waals surface area contributed by atoms with E-state index in [0.717, 1.165) is 43.4 Å². The topological polar surface area (TPSA) is 33.3 Å². The highest BCUT2D eigenvalue weighted by molar-refractivity contribution is 5.85. The van der Waals surface area contributed by atoms with Gasteiger partial charge < -0.3 is 15.4 Å². The van der Waals surface area contributed by atoms with Gasteiger partial charge in [-0.2, -0.15) is 0 Å². The summed E-state index contributed by atoms with van der Waals surface area (Å²) in [6, 6.07) is 14.6. The zero-order valence-electron chi connectivity index (χ0n) is 14.7. The van der Waals surface area contributed by atoms with E-state index in [9.17, 15) is 4.39 Å². The fourth-order valence-electron chi connectivity index (χ4n) is 3.00. The van der Waals surface area contributed by atoms with Crippen molar-refractivity contribution in [2.24, 2.45) is 5.92 Å². The maximum absolute atomic E-state index is 12.9. The first kappa shape index (κ1) is 22.7. The molecule has 2 N–H and O–H groups in total. The van der Waals surface area contributed by atoms with Crippen LogP contribution in [0.4, 0.5) is 4.39 Å². The van der Waals surface area contributed by atoms with Crippen LogP contribution in [0.5, 0.6) is 5.75 Å². The zero-order chi connectivity index (χ0) is 16.6. The zero-order valence-corrected chi connectivity index (χ0v) is 16.4. The van der Waals surface area contributed by atoms with Crippen LogP contribution in [0.25, 0.3) is 0 Å². The molecule has 0 amide bonds. The number of hydrogen-bond donors (Lipinski definition) is 2. The van der Waals surface area contributed by atoms with Gasteiger partial charge in [0.1, 0.15) is 18.2 Å². The number of halogens is 3. The summed E-state index contributed by atoms with van der Waals surface area (Å²) in [6.45, 7) is 4.66. The van der Waals surface area contributed by atoms with Crippen LogP contribution in [0.2, 0.25) is 0 Å². The predicted molar refractivity (Wildman–Crippen MR) is 109 cm³/mol. The van der Waals surface area contributed by atoms with Crippen LogP contribution in [0.3, 0.4) is 0 Å². The molecule has 26 heavy (non-hydrogen) atoms. The molecule has 1 saturated heterocycles. The Morgan fingerprint density at radius 3 is 2.46 bits per heavy atom. The summed E-state index contributed by atoms with van der Waals surface area (Å²) in [6.07, 6.45) is 2.52. The van der Waals surface area contributed by atoms with Crippen molar-refractivity contribution < 1.29 is 9.13 Å². The number of piperidine rings is 1. The second-order valence-corrected chi connectivity index (χ2v) is 6.39. The van der Waals surface area contributed by atoms with Crippen LogP contribution in [-0.4, -0.2) is 19.6 Å². The van der Waals surface area contributed by atoms with Gasteiger partial charge in [0.25, 0.3) is 0 Å². The summed E-state index contributed by atoms with van der Waals surface area (Å²) in [5.74, 6) is 1.41. The minimum atomic E-state index is -0.222. The molecule has 0 bridgehead atoms. The van der Waals surface area contributed by atoms with Crippen LogP contribution in [0.1, 0.15) is 24.0 Å². The highest BCUT2D eigenvalue weighted by Crippen LogP contribution is 2.16. The Balaban J connectivity index is 0.00000169. The molecule has 0 aromatic heterocycles. The summed E-state index contributed by atoms with van der Waals surface area (Å²) in [7, 11) is 0. The van der Waals surface area contributed by atoms with Crippen LogP contribution < -0.4 is 15.4 Å². The standard InChI is InChI=1S/C20H25FN2O.2ClH/c21-19-6-4-17(5-7-19)15-24-20-3-1-2-18(12-20)14-23-13-16-8-10-22-11-9-16;;/h1-7,12,16,22-23H,8-11,13-15H2;2*1H. The molecule has 2 aromatic carbocycles. The fourth-order valence-corrected chi connectivity index (χ4v) is 3.00. The summed E-state index contributed by atoms with van der Waals surface area (Å²) in [5, 5.41) is 6.95. The van der Waals surface area contributed by atoms with Gasteiger partial charge in [0.05, 0.1) is 0 Å². The summed E-state index contributed by atoms with van der Waals surface area (Å²) in [4.78, 5) is 0. The average molecular weight is 401 g/mol. The van der Waals surface area contributed by atoms with Crippen LogP contribution in [0, 0.1) is 11.7 Å². The van der Waals surface area contributed by atoms with Gasteiger partial charge in [-0.1, -0.05) is 24.3 Å². The molecule has 144 valence electrons. The molecular weight excluding hydrogens is 374 g/mol. The second-order valence-electron chi connectivity index (χ2n) is 6.39. The monoisotopic (exact) mass is 400 g/mol. The van der Waals surface area contributed by atoms with Crippen LogP contribution in [0.15, 0.2) is 48.5 Å². The Labute approximate surface area is 167 Å². The molecule has 0 unspecified atom stereocenters. The van der Waals surface area contributed by atoms with Crippen molar-refractivity contribution in [2.75, 3.05) is 19.6 Å². The minimum absolute atomic E-state index is 0. The number of nitrogens with one attached hydrogen (secondary N) is 2. The molecule has 0 saturated carbocycles. The summed E-state index contributed by atoms with van der Waals surface area (Å²) >= 11 is 0. The third kappa shape index (κ3) is 7.50. The lowest BCUT2D eigenvalue weighted by Gasteiger charge is -2.22. The Hall–Kier alpha value is -1.33. The molecule has 1 aliphatic heterocycles. The van der Waals surface area contributed by atoms with E-state index in [4.69, 9.17) is 4.74 Å². The molecule has 1 heterocycles. The maximum Gasteiger partial charge on any atom is 0.123 e. The molecule has 0 aliphatic carbocycles. The second kappa shape index (κ2) is 12.1. The van der Waals surface area contributed by atoms with Gasteiger partial charge in [-0.05, 0) is 73.8 Å². The SMILES string of the molecule is Cl.Cl.Fc1ccc(COc2cccc(CNCC3CCNCC3)c2)cc1.